The molecular formula is C13H10F3N3O3S4. The van der Waals surface area contributed by atoms with Crippen LogP contribution in [0.15, 0.2) is 37.9 Å². The van der Waals surface area contributed by atoms with Crippen LogP contribution in [-0.2, 0) is 14.6 Å². The second-order valence-corrected chi connectivity index (χ2v) is 9.72. The number of thiocarbonyl (C=S) groups is 1. The van der Waals surface area contributed by atoms with Crippen LogP contribution in [-0.4, -0.2) is 35.7 Å². The van der Waals surface area contributed by atoms with Gasteiger partial charge in [-0.3, -0.25) is 4.79 Å². The Morgan fingerprint density at radius 3 is 2.42 bits per heavy atom. The Bertz CT molecular complexity index is 959. The van der Waals surface area contributed by atoms with E-state index in [1.54, 1.807) is 11.8 Å². The number of alkyl halides is 3. The topological polar surface area (TPSA) is 83.7 Å². The monoisotopic (exact) mass is 441 g/mol. The van der Waals surface area contributed by atoms with Crippen molar-refractivity contribution in [1.29, 1.82) is 0 Å². The summed E-state index contributed by atoms with van der Waals surface area (Å²) >= 11 is 7.11. The minimum absolute atomic E-state index is 0.158. The fourth-order valence-electron chi connectivity index (χ4n) is 2.35. The summed E-state index contributed by atoms with van der Waals surface area (Å²) in [4.78, 5) is 13.7. The van der Waals surface area contributed by atoms with Crippen molar-refractivity contribution in [3.63, 3.8) is 0 Å². The number of rotatable bonds is 2. The van der Waals surface area contributed by atoms with Crippen molar-refractivity contribution in [2.24, 2.45) is 5.84 Å². The Morgan fingerprint density at radius 1 is 1.27 bits per heavy atom. The smallest absolute Gasteiger partial charge is 0.334 e. The summed E-state index contributed by atoms with van der Waals surface area (Å²) in [7, 11) is -5.47. The molecule has 1 saturated heterocycles. The zero-order chi connectivity index (χ0) is 19.4. The van der Waals surface area contributed by atoms with Gasteiger partial charge in [-0.1, -0.05) is 35.7 Å². The molecule has 1 fully saturated rings. The molecule has 0 atom stereocenters. The molecule has 6 nitrogen and oxygen atoms in total. The Labute approximate surface area is 160 Å². The predicted molar refractivity (Wildman–Crippen MR) is 96.8 cm³/mol. The standard InChI is InChI=1S/C13H10F3N3O3S4/c1-2-18-7-5-6(26(21,22)13(14,15)16)3-4-8(7)24-11(18)9-10(20)19(17)12(23)25-9/h3-5H,2,17H2,1H3/b11-9-. The molecule has 0 aromatic heterocycles. The van der Waals surface area contributed by atoms with Crippen LogP contribution >= 0.6 is 35.7 Å². The molecule has 3 rings (SSSR count). The van der Waals surface area contributed by atoms with Crippen molar-refractivity contribution in [2.45, 2.75) is 22.2 Å². The van der Waals surface area contributed by atoms with E-state index >= 15 is 0 Å². The molecular weight excluding hydrogens is 431 g/mol. The number of hydrazine groups is 1. The molecule has 140 valence electrons. The van der Waals surface area contributed by atoms with Gasteiger partial charge in [0.05, 0.1) is 10.6 Å². The van der Waals surface area contributed by atoms with E-state index in [0.717, 1.165) is 40.7 Å². The number of carbonyl (C=O) groups is 1. The third-order valence-electron chi connectivity index (χ3n) is 3.60. The zero-order valence-corrected chi connectivity index (χ0v) is 16.2. The number of amides is 1. The number of hydrogen-bond acceptors (Lipinski definition) is 8. The maximum Gasteiger partial charge on any atom is 0.501 e. The van der Waals surface area contributed by atoms with Crippen molar-refractivity contribution in [3.8, 4) is 0 Å². The Balaban J connectivity index is 2.10. The Morgan fingerprint density at radius 2 is 1.92 bits per heavy atom. The lowest BCUT2D eigenvalue weighted by Gasteiger charge is -2.19. The van der Waals surface area contributed by atoms with E-state index in [-0.39, 0.29) is 14.9 Å². The number of thioether (sulfide) groups is 2. The normalized spacial score (nSPS) is 21.0. The van der Waals surface area contributed by atoms with Gasteiger partial charge in [0.1, 0.15) is 9.93 Å². The zero-order valence-electron chi connectivity index (χ0n) is 12.9. The van der Waals surface area contributed by atoms with Gasteiger partial charge in [0.25, 0.3) is 15.7 Å². The second-order valence-electron chi connectivity index (χ2n) is 5.10. The molecule has 2 N–H and O–H groups in total. The first kappa shape index (κ1) is 19.5. The fourth-order valence-corrected chi connectivity index (χ4v) is 5.59. The van der Waals surface area contributed by atoms with Crippen molar-refractivity contribution in [3.05, 3.63) is 28.1 Å². The average molecular weight is 442 g/mol. The molecule has 2 aliphatic heterocycles. The number of carbonyl (C=O) groups excluding carboxylic acids is 1. The molecule has 26 heavy (non-hydrogen) atoms. The average Bonchev–Trinajstić information content (AvgIpc) is 3.05. The van der Waals surface area contributed by atoms with Crippen molar-refractivity contribution in [2.75, 3.05) is 11.4 Å². The summed E-state index contributed by atoms with van der Waals surface area (Å²) in [6, 6.07) is 3.15. The van der Waals surface area contributed by atoms with Crippen molar-refractivity contribution in [1.82, 2.24) is 5.01 Å². The number of sulfone groups is 1. The van der Waals surface area contributed by atoms with Gasteiger partial charge in [-0.25, -0.2) is 19.3 Å². The van der Waals surface area contributed by atoms with Gasteiger partial charge in [-0.2, -0.15) is 13.2 Å². The molecule has 1 amide bonds. The molecule has 0 bridgehead atoms. The van der Waals surface area contributed by atoms with Crippen LogP contribution in [0.25, 0.3) is 0 Å². The van der Waals surface area contributed by atoms with Gasteiger partial charge in [0, 0.05) is 11.4 Å². The molecule has 13 heteroatoms. The summed E-state index contributed by atoms with van der Waals surface area (Å²) in [5.41, 5.74) is -5.12. The van der Waals surface area contributed by atoms with E-state index in [2.05, 4.69) is 0 Å². The van der Waals surface area contributed by atoms with Crippen molar-refractivity contribution < 1.29 is 26.4 Å². The summed E-state index contributed by atoms with van der Waals surface area (Å²) in [6.45, 7) is 2.03. The SMILES string of the molecule is CCN1/C(=C2/SC(=S)N(N)C2=O)Sc2ccc(S(=O)(=O)C(F)(F)F)cc21. The molecule has 0 saturated carbocycles. The van der Waals surface area contributed by atoms with Crippen LogP contribution in [0.3, 0.4) is 0 Å². The molecule has 0 spiro atoms. The van der Waals surface area contributed by atoms with E-state index in [1.807, 2.05) is 0 Å². The molecule has 1 aromatic carbocycles. The number of hydrogen-bond donors (Lipinski definition) is 1. The molecule has 2 heterocycles. The molecule has 1 aromatic rings. The molecule has 2 aliphatic rings. The number of anilines is 1. The lowest BCUT2D eigenvalue weighted by atomic mass is 10.3. The first-order chi connectivity index (χ1) is 12.0. The van der Waals surface area contributed by atoms with E-state index in [1.165, 1.54) is 6.07 Å². The van der Waals surface area contributed by atoms with Crippen LogP contribution in [0.5, 0.6) is 0 Å². The van der Waals surface area contributed by atoms with Gasteiger partial charge >= 0.3 is 5.51 Å². The number of nitrogens with zero attached hydrogens (tertiary/aromatic N) is 2. The quantitative estimate of drug-likeness (QED) is 0.325. The molecule has 0 unspecified atom stereocenters. The summed E-state index contributed by atoms with van der Waals surface area (Å²) in [5, 5.41) is 1.27. The lowest BCUT2D eigenvalue weighted by Crippen LogP contribution is -2.35. The van der Waals surface area contributed by atoms with E-state index in [4.69, 9.17) is 18.1 Å². The molecule has 0 aliphatic carbocycles. The number of fused-ring (bicyclic) bond motifs is 1. The maximum absolute atomic E-state index is 12.8. The van der Waals surface area contributed by atoms with E-state index < -0.39 is 26.1 Å². The van der Waals surface area contributed by atoms with Gasteiger partial charge < -0.3 is 4.90 Å². The van der Waals surface area contributed by atoms with Crippen LogP contribution in [0.1, 0.15) is 6.92 Å². The minimum Gasteiger partial charge on any atom is -0.334 e. The third kappa shape index (κ3) is 2.91. The van der Waals surface area contributed by atoms with Crippen molar-refractivity contribution >= 4 is 61.5 Å². The summed E-state index contributed by atoms with van der Waals surface area (Å²) < 4.78 is 61.9. The third-order valence-corrected chi connectivity index (χ3v) is 7.78. The highest BCUT2D eigenvalue weighted by atomic mass is 32.2. The van der Waals surface area contributed by atoms with Gasteiger partial charge in [0.2, 0.25) is 0 Å². The Kier molecular flexibility index (Phi) is 4.80. The minimum atomic E-state index is -5.47. The first-order valence-corrected chi connectivity index (χ1v) is 10.5. The number of benzene rings is 1. The summed E-state index contributed by atoms with van der Waals surface area (Å²) in [6.07, 6.45) is 0. The highest BCUT2D eigenvalue weighted by Crippen LogP contribution is 2.51. The molecule has 0 radical (unpaired) electrons. The maximum atomic E-state index is 12.8. The largest absolute Gasteiger partial charge is 0.501 e. The van der Waals surface area contributed by atoms with E-state index in [0.29, 0.717) is 16.5 Å². The first-order valence-electron chi connectivity index (χ1n) is 6.95. The van der Waals surface area contributed by atoms with E-state index in [9.17, 15) is 26.4 Å². The Hall–Kier alpha value is -1.28. The van der Waals surface area contributed by atoms with Crippen LogP contribution in [0, 0.1) is 0 Å². The summed E-state index contributed by atoms with van der Waals surface area (Å²) in [5.74, 6) is 5.04. The van der Waals surface area contributed by atoms with Gasteiger partial charge in [0.15, 0.2) is 4.32 Å². The number of halogens is 3. The highest BCUT2D eigenvalue weighted by Gasteiger charge is 2.47. The predicted octanol–water partition coefficient (Wildman–Crippen LogP) is 2.82. The van der Waals surface area contributed by atoms with Gasteiger partial charge in [-0.15, -0.1) is 0 Å². The van der Waals surface area contributed by atoms with Crippen LogP contribution in [0.4, 0.5) is 18.9 Å². The fraction of sp³-hybridized carbons (Fsp3) is 0.231. The highest BCUT2D eigenvalue weighted by molar-refractivity contribution is 8.27. The van der Waals surface area contributed by atoms with Crippen LogP contribution in [0.2, 0.25) is 0 Å². The van der Waals surface area contributed by atoms with Crippen LogP contribution < -0.4 is 10.7 Å². The van der Waals surface area contributed by atoms with Gasteiger partial charge in [-0.05, 0) is 25.1 Å². The number of nitrogens with two attached hydrogens (primary N) is 1. The lowest BCUT2D eigenvalue weighted by molar-refractivity contribution is -0.122. The second kappa shape index (κ2) is 6.41.